The molecule has 17 heavy (non-hydrogen) atoms. The molecule has 3 nitrogen and oxygen atoms in total. The van der Waals surface area contributed by atoms with Gasteiger partial charge in [-0.25, -0.2) is 8.42 Å². The highest BCUT2D eigenvalue weighted by Gasteiger charge is 2.35. The molecule has 98 valence electrons. The fourth-order valence-corrected chi connectivity index (χ4v) is 3.46. The molecule has 0 aliphatic carbocycles. The Morgan fingerprint density at radius 2 is 2.06 bits per heavy atom. The maximum atomic E-state index is 12.3. The number of nitrogens with zero attached hydrogens (tertiary/aromatic N) is 1. The minimum absolute atomic E-state index is 0.267. The Hall–Kier alpha value is -0.120. The van der Waals surface area contributed by atoms with E-state index in [-0.39, 0.29) is 6.54 Å². The number of hydrogen-bond donors (Lipinski definition) is 0. The van der Waals surface area contributed by atoms with Gasteiger partial charge in [0.1, 0.15) is 11.2 Å². The van der Waals surface area contributed by atoms with Crippen molar-refractivity contribution in [2.75, 3.05) is 11.2 Å². The molecule has 0 aliphatic heterocycles. The van der Waals surface area contributed by atoms with Gasteiger partial charge in [-0.2, -0.15) is 28.8 Å². The second-order valence-electron chi connectivity index (χ2n) is 3.24. The van der Waals surface area contributed by atoms with E-state index in [0.717, 1.165) is 0 Å². The van der Waals surface area contributed by atoms with E-state index in [4.69, 9.17) is 0 Å². The predicted octanol–water partition coefficient (Wildman–Crippen LogP) is 2.79. The number of alkyl halides is 4. The lowest BCUT2D eigenvalue weighted by Crippen LogP contribution is -2.38. The van der Waals surface area contributed by atoms with E-state index >= 15 is 0 Å². The number of halogens is 4. The van der Waals surface area contributed by atoms with Crippen molar-refractivity contribution in [2.24, 2.45) is 0 Å². The van der Waals surface area contributed by atoms with Crippen molar-refractivity contribution < 1.29 is 21.6 Å². The third-order valence-electron chi connectivity index (χ3n) is 1.83. The molecule has 1 aromatic rings. The fourth-order valence-electron chi connectivity index (χ4n) is 1.11. The molecule has 0 atom stereocenters. The van der Waals surface area contributed by atoms with Crippen LogP contribution >= 0.6 is 27.3 Å². The molecule has 0 aliphatic rings. The molecule has 0 saturated carbocycles. The first kappa shape index (κ1) is 14.9. The van der Waals surface area contributed by atoms with Crippen molar-refractivity contribution >= 4 is 37.3 Å². The van der Waals surface area contributed by atoms with Crippen LogP contribution in [0.2, 0.25) is 0 Å². The Labute approximate surface area is 109 Å². The molecule has 0 amide bonds. The molecule has 0 bridgehead atoms. The van der Waals surface area contributed by atoms with Crippen LogP contribution in [-0.4, -0.2) is 30.1 Å². The Balaban J connectivity index is 2.87. The van der Waals surface area contributed by atoms with Gasteiger partial charge >= 0.3 is 6.18 Å². The van der Waals surface area contributed by atoms with Gasteiger partial charge in [0.15, 0.2) is 0 Å². The van der Waals surface area contributed by atoms with Crippen LogP contribution in [0.15, 0.2) is 16.8 Å². The summed E-state index contributed by atoms with van der Waals surface area (Å²) in [5, 5.41) is 3.30. The molecular formula is C8H9BrF3NO2S2. The summed E-state index contributed by atoms with van der Waals surface area (Å²) in [7, 11) is -3.93. The van der Waals surface area contributed by atoms with Crippen LogP contribution in [0.5, 0.6) is 0 Å². The van der Waals surface area contributed by atoms with Crippen LogP contribution in [0.1, 0.15) is 5.56 Å². The van der Waals surface area contributed by atoms with Gasteiger partial charge in [-0.15, -0.1) is 0 Å². The summed E-state index contributed by atoms with van der Waals surface area (Å²) in [6, 6.07) is 1.60. The van der Waals surface area contributed by atoms with E-state index in [1.165, 1.54) is 11.3 Å². The molecule has 0 N–H and O–H groups in total. The molecular weight excluding hydrogens is 343 g/mol. The van der Waals surface area contributed by atoms with Crippen molar-refractivity contribution in [1.29, 1.82) is 0 Å². The molecule has 9 heteroatoms. The summed E-state index contributed by atoms with van der Waals surface area (Å²) in [5.74, 6) is 0. The van der Waals surface area contributed by atoms with Gasteiger partial charge in [-0.1, -0.05) is 15.9 Å². The van der Waals surface area contributed by atoms with Gasteiger partial charge in [-0.3, -0.25) is 0 Å². The summed E-state index contributed by atoms with van der Waals surface area (Å²) >= 11 is 3.99. The summed E-state index contributed by atoms with van der Waals surface area (Å²) in [6.07, 6.45) is -4.55. The average Bonchev–Trinajstić information content (AvgIpc) is 2.67. The molecule has 0 saturated heterocycles. The second kappa shape index (κ2) is 5.68. The maximum Gasteiger partial charge on any atom is 0.402 e. The number of rotatable bonds is 5. The summed E-state index contributed by atoms with van der Waals surface area (Å²) in [4.78, 5) is 0. The molecule has 1 aromatic heterocycles. The van der Waals surface area contributed by atoms with Crippen molar-refractivity contribution in [2.45, 2.75) is 12.7 Å². The highest BCUT2D eigenvalue weighted by atomic mass is 79.9. The van der Waals surface area contributed by atoms with E-state index in [1.807, 2.05) is 0 Å². The minimum Gasteiger partial charge on any atom is -0.211 e. The van der Waals surface area contributed by atoms with Gasteiger partial charge in [0.05, 0.1) is 0 Å². The standard InChI is InChI=1S/C8H9BrF3NO2S2/c9-6-17(14,15)13(5-8(10,11)12)3-7-1-2-16-4-7/h1-2,4H,3,5-6H2. The lowest BCUT2D eigenvalue weighted by atomic mass is 10.3. The first-order chi connectivity index (χ1) is 7.74. The molecule has 1 heterocycles. The van der Waals surface area contributed by atoms with Gasteiger partial charge in [0.2, 0.25) is 10.0 Å². The van der Waals surface area contributed by atoms with Crippen LogP contribution in [0, 0.1) is 0 Å². The molecule has 0 fully saturated rings. The van der Waals surface area contributed by atoms with E-state index in [9.17, 15) is 21.6 Å². The van der Waals surface area contributed by atoms with Crippen LogP contribution in [0.3, 0.4) is 0 Å². The quantitative estimate of drug-likeness (QED) is 0.765. The van der Waals surface area contributed by atoms with Crippen LogP contribution in [0.25, 0.3) is 0 Å². The second-order valence-corrected chi connectivity index (χ2v) is 7.29. The SMILES string of the molecule is O=S(=O)(CBr)N(Cc1ccsc1)CC(F)(F)F. The van der Waals surface area contributed by atoms with Gasteiger partial charge < -0.3 is 0 Å². The van der Waals surface area contributed by atoms with Gasteiger partial charge in [0.25, 0.3) is 0 Å². The van der Waals surface area contributed by atoms with Gasteiger partial charge in [-0.05, 0) is 22.4 Å². The lowest BCUT2D eigenvalue weighted by Gasteiger charge is -2.21. The first-order valence-electron chi connectivity index (χ1n) is 4.36. The van der Waals surface area contributed by atoms with Gasteiger partial charge in [0, 0.05) is 6.54 Å². The Morgan fingerprint density at radius 3 is 2.47 bits per heavy atom. The van der Waals surface area contributed by atoms with E-state index in [1.54, 1.807) is 16.8 Å². The number of sulfonamides is 1. The van der Waals surface area contributed by atoms with Crippen molar-refractivity contribution in [3.63, 3.8) is 0 Å². The monoisotopic (exact) mass is 351 g/mol. The Morgan fingerprint density at radius 1 is 1.41 bits per heavy atom. The van der Waals surface area contributed by atoms with Crippen LogP contribution in [0.4, 0.5) is 13.2 Å². The third kappa shape index (κ3) is 4.94. The van der Waals surface area contributed by atoms with E-state index < -0.39 is 27.4 Å². The van der Waals surface area contributed by atoms with Crippen molar-refractivity contribution in [3.8, 4) is 0 Å². The normalized spacial score (nSPS) is 13.2. The van der Waals surface area contributed by atoms with E-state index in [0.29, 0.717) is 9.87 Å². The topological polar surface area (TPSA) is 37.4 Å². The number of thiophene rings is 1. The largest absolute Gasteiger partial charge is 0.402 e. The average molecular weight is 352 g/mol. The lowest BCUT2D eigenvalue weighted by molar-refractivity contribution is -0.136. The predicted molar refractivity (Wildman–Crippen MR) is 63.5 cm³/mol. The van der Waals surface area contributed by atoms with Crippen molar-refractivity contribution in [1.82, 2.24) is 4.31 Å². The zero-order valence-electron chi connectivity index (χ0n) is 8.45. The zero-order valence-corrected chi connectivity index (χ0v) is 11.7. The molecule has 0 radical (unpaired) electrons. The summed E-state index contributed by atoms with van der Waals surface area (Å²) < 4.78 is 59.7. The highest BCUT2D eigenvalue weighted by molar-refractivity contribution is 9.10. The minimum atomic E-state index is -4.55. The molecule has 0 aromatic carbocycles. The van der Waals surface area contributed by atoms with Crippen LogP contribution in [-0.2, 0) is 16.6 Å². The summed E-state index contributed by atoms with van der Waals surface area (Å²) in [5.41, 5.74) is 0.545. The molecule has 0 spiro atoms. The molecule has 0 unspecified atom stereocenters. The Kier molecular flexibility index (Phi) is 4.99. The zero-order chi connectivity index (χ0) is 13.1. The van der Waals surface area contributed by atoms with E-state index in [2.05, 4.69) is 15.9 Å². The fraction of sp³-hybridized carbons (Fsp3) is 0.500. The maximum absolute atomic E-state index is 12.3. The molecule has 1 rings (SSSR count). The smallest absolute Gasteiger partial charge is 0.211 e. The van der Waals surface area contributed by atoms with Crippen LogP contribution < -0.4 is 0 Å². The first-order valence-corrected chi connectivity index (χ1v) is 8.03. The third-order valence-corrected chi connectivity index (χ3v) is 5.61. The Bertz CT molecular complexity index is 444. The van der Waals surface area contributed by atoms with Crippen molar-refractivity contribution in [3.05, 3.63) is 22.4 Å². The highest BCUT2D eigenvalue weighted by Crippen LogP contribution is 2.22. The summed E-state index contributed by atoms with van der Waals surface area (Å²) in [6.45, 7) is -1.74. The number of hydrogen-bond acceptors (Lipinski definition) is 3.